The van der Waals surface area contributed by atoms with Gasteiger partial charge in [-0.3, -0.25) is 0 Å². The molecule has 0 aromatic heterocycles. The molecule has 0 N–H and O–H groups in total. The molecule has 0 atom stereocenters. The molecule has 1 aromatic rings. The van der Waals surface area contributed by atoms with Crippen molar-refractivity contribution < 1.29 is 0 Å². The van der Waals surface area contributed by atoms with Gasteiger partial charge in [0.15, 0.2) is 0 Å². The maximum absolute atomic E-state index is 6.75. The molecular weight excluding hydrogens is 180 g/mol. The minimum absolute atomic E-state index is 0.771. The molecule has 0 bridgehead atoms. The molecular formula is C12H12Cl. The molecule has 0 saturated carbocycles. The Balaban J connectivity index is 2.30. The molecule has 0 fully saturated rings. The summed E-state index contributed by atoms with van der Waals surface area (Å²) in [5, 5.41) is 0.788. The SMILES string of the molecule is [C]#CCCCCc1ccc(Cl)cc1. The highest BCUT2D eigenvalue weighted by molar-refractivity contribution is 6.30. The number of unbranched alkanes of at least 4 members (excludes halogenated alkanes) is 2. The van der Waals surface area contributed by atoms with Crippen LogP contribution in [0.1, 0.15) is 24.8 Å². The number of halogens is 1. The Bertz CT molecular complexity index is 279. The second-order valence-corrected chi connectivity index (χ2v) is 3.45. The van der Waals surface area contributed by atoms with E-state index in [1.807, 2.05) is 12.1 Å². The van der Waals surface area contributed by atoms with E-state index >= 15 is 0 Å². The second-order valence-electron chi connectivity index (χ2n) is 3.01. The number of aryl methyl sites for hydroxylation is 1. The van der Waals surface area contributed by atoms with E-state index in [4.69, 9.17) is 18.0 Å². The van der Waals surface area contributed by atoms with E-state index < -0.39 is 0 Å². The lowest BCUT2D eigenvalue weighted by Crippen LogP contribution is -1.84. The van der Waals surface area contributed by atoms with Gasteiger partial charge in [-0.1, -0.05) is 29.7 Å². The highest BCUT2D eigenvalue weighted by atomic mass is 35.5. The fourth-order valence-corrected chi connectivity index (χ4v) is 1.32. The van der Waals surface area contributed by atoms with Crippen LogP contribution in [-0.4, -0.2) is 0 Å². The minimum atomic E-state index is 0.771. The van der Waals surface area contributed by atoms with Crippen LogP contribution in [0.5, 0.6) is 0 Å². The van der Waals surface area contributed by atoms with Crippen molar-refractivity contribution in [2.75, 3.05) is 0 Å². The first-order valence-electron chi connectivity index (χ1n) is 4.47. The lowest BCUT2D eigenvalue weighted by molar-refractivity contribution is 0.756. The van der Waals surface area contributed by atoms with Gasteiger partial charge in [-0.25, -0.2) is 0 Å². The lowest BCUT2D eigenvalue weighted by atomic mass is 10.1. The van der Waals surface area contributed by atoms with Gasteiger partial charge in [0, 0.05) is 11.4 Å². The predicted molar refractivity (Wildman–Crippen MR) is 56.1 cm³/mol. The molecule has 13 heavy (non-hydrogen) atoms. The summed E-state index contributed by atoms with van der Waals surface area (Å²) < 4.78 is 0. The van der Waals surface area contributed by atoms with Crippen LogP contribution >= 0.6 is 11.6 Å². The van der Waals surface area contributed by atoms with E-state index in [9.17, 15) is 0 Å². The van der Waals surface area contributed by atoms with Gasteiger partial charge in [-0.05, 0) is 43.4 Å². The van der Waals surface area contributed by atoms with Crippen LogP contribution < -0.4 is 0 Å². The average Bonchev–Trinajstić information content (AvgIpc) is 2.15. The molecule has 0 nitrogen and oxygen atoms in total. The summed E-state index contributed by atoms with van der Waals surface area (Å²) in [5.41, 5.74) is 1.31. The normalized spacial score (nSPS) is 9.54. The second kappa shape index (κ2) is 5.67. The molecule has 0 aliphatic rings. The average molecular weight is 192 g/mol. The molecule has 67 valence electrons. The summed E-state index contributed by atoms with van der Waals surface area (Å²) in [6, 6.07) is 7.94. The summed E-state index contributed by atoms with van der Waals surface area (Å²) >= 11 is 5.76. The highest BCUT2D eigenvalue weighted by Crippen LogP contribution is 2.11. The predicted octanol–water partition coefficient (Wildman–Crippen LogP) is 3.64. The Morgan fingerprint density at radius 2 is 1.85 bits per heavy atom. The fourth-order valence-electron chi connectivity index (χ4n) is 1.19. The van der Waals surface area contributed by atoms with E-state index in [1.54, 1.807) is 0 Å². The Labute approximate surface area is 84.9 Å². The molecule has 0 amide bonds. The van der Waals surface area contributed by atoms with Gasteiger partial charge in [-0.15, -0.1) is 0 Å². The van der Waals surface area contributed by atoms with Gasteiger partial charge in [0.25, 0.3) is 0 Å². The summed E-state index contributed by atoms with van der Waals surface area (Å²) in [7, 11) is 0. The van der Waals surface area contributed by atoms with Gasteiger partial charge < -0.3 is 0 Å². The maximum Gasteiger partial charge on any atom is 0.0406 e. The quantitative estimate of drug-likeness (QED) is 0.504. The summed E-state index contributed by atoms with van der Waals surface area (Å²) in [5.74, 6) is 2.39. The molecule has 1 radical (unpaired) electrons. The van der Waals surface area contributed by atoms with E-state index in [-0.39, 0.29) is 0 Å². The first-order chi connectivity index (χ1) is 6.33. The maximum atomic E-state index is 6.75. The van der Waals surface area contributed by atoms with Crippen LogP contribution in [0.4, 0.5) is 0 Å². The van der Waals surface area contributed by atoms with Crippen LogP contribution in [0.15, 0.2) is 24.3 Å². The summed E-state index contributed by atoms with van der Waals surface area (Å²) in [6.07, 6.45) is 10.8. The third-order valence-corrected chi connectivity index (χ3v) is 2.18. The number of rotatable bonds is 4. The molecule has 0 spiro atoms. The number of benzene rings is 1. The fraction of sp³-hybridized carbons (Fsp3) is 0.333. The first-order valence-corrected chi connectivity index (χ1v) is 4.85. The van der Waals surface area contributed by atoms with Crippen molar-refractivity contribution in [1.82, 2.24) is 0 Å². The zero-order valence-electron chi connectivity index (χ0n) is 7.52. The van der Waals surface area contributed by atoms with E-state index in [0.717, 1.165) is 30.7 Å². The first kappa shape index (κ1) is 10.2. The zero-order chi connectivity index (χ0) is 9.52. The van der Waals surface area contributed by atoms with Crippen molar-refractivity contribution in [2.24, 2.45) is 0 Å². The topological polar surface area (TPSA) is 0 Å². The molecule has 0 saturated heterocycles. The van der Waals surface area contributed by atoms with Gasteiger partial charge >= 0.3 is 0 Å². The van der Waals surface area contributed by atoms with Crippen LogP contribution in [0.2, 0.25) is 5.02 Å². The Morgan fingerprint density at radius 3 is 2.46 bits per heavy atom. The van der Waals surface area contributed by atoms with Crippen molar-refractivity contribution >= 4 is 11.6 Å². The minimum Gasteiger partial charge on any atom is -0.0891 e. The summed E-state index contributed by atoms with van der Waals surface area (Å²) in [4.78, 5) is 0. The molecule has 1 rings (SSSR count). The van der Waals surface area contributed by atoms with Gasteiger partial charge in [0.1, 0.15) is 0 Å². The van der Waals surface area contributed by atoms with Gasteiger partial charge in [0.05, 0.1) is 0 Å². The molecule has 0 heterocycles. The lowest BCUT2D eigenvalue weighted by Gasteiger charge is -1.99. The Kier molecular flexibility index (Phi) is 4.43. The molecule has 0 unspecified atom stereocenters. The summed E-state index contributed by atoms with van der Waals surface area (Å²) in [6.45, 7) is 0. The Morgan fingerprint density at radius 1 is 1.15 bits per heavy atom. The highest BCUT2D eigenvalue weighted by Gasteiger charge is 1.92. The third-order valence-electron chi connectivity index (χ3n) is 1.93. The molecule has 1 aromatic carbocycles. The number of hydrogen-bond donors (Lipinski definition) is 0. The molecule has 1 heteroatoms. The smallest absolute Gasteiger partial charge is 0.0406 e. The third kappa shape index (κ3) is 4.01. The van der Waals surface area contributed by atoms with E-state index in [2.05, 4.69) is 18.1 Å². The standard InChI is InChI=1S/C12H12Cl/c1-2-3-4-5-6-11-7-9-12(13)10-8-11/h7-10H,3-6H2. The van der Waals surface area contributed by atoms with Gasteiger partial charge in [0.2, 0.25) is 0 Å². The van der Waals surface area contributed by atoms with E-state index in [1.165, 1.54) is 5.56 Å². The van der Waals surface area contributed by atoms with Crippen molar-refractivity contribution in [3.05, 3.63) is 41.3 Å². The largest absolute Gasteiger partial charge is 0.0891 e. The van der Waals surface area contributed by atoms with Crippen molar-refractivity contribution in [3.8, 4) is 5.92 Å². The van der Waals surface area contributed by atoms with Crippen LogP contribution in [0.25, 0.3) is 0 Å². The zero-order valence-corrected chi connectivity index (χ0v) is 8.27. The number of hydrogen-bond acceptors (Lipinski definition) is 0. The van der Waals surface area contributed by atoms with Crippen LogP contribution in [-0.2, 0) is 6.42 Å². The molecule has 0 aliphatic heterocycles. The van der Waals surface area contributed by atoms with Crippen LogP contribution in [0.3, 0.4) is 0 Å². The van der Waals surface area contributed by atoms with Crippen LogP contribution in [0, 0.1) is 12.3 Å². The monoisotopic (exact) mass is 191 g/mol. The van der Waals surface area contributed by atoms with E-state index in [0.29, 0.717) is 0 Å². The van der Waals surface area contributed by atoms with Crippen molar-refractivity contribution in [1.29, 1.82) is 0 Å². The molecule has 0 aliphatic carbocycles. The van der Waals surface area contributed by atoms with Crippen molar-refractivity contribution in [3.63, 3.8) is 0 Å². The van der Waals surface area contributed by atoms with Crippen molar-refractivity contribution in [2.45, 2.75) is 25.7 Å². The van der Waals surface area contributed by atoms with Gasteiger partial charge in [-0.2, -0.15) is 0 Å². The Hall–Kier alpha value is -0.930.